The maximum absolute atomic E-state index is 12.5. The van der Waals surface area contributed by atoms with Gasteiger partial charge in [-0.1, -0.05) is 12.8 Å². The van der Waals surface area contributed by atoms with Gasteiger partial charge in [0.1, 0.15) is 42.8 Å². The maximum atomic E-state index is 12.5. The maximum Gasteiger partial charge on any atom is 0.306 e. The molecule has 1 saturated heterocycles. The minimum Gasteiger partial charge on any atom is -0.463 e. The highest BCUT2D eigenvalue weighted by atomic mass is 16.6. The number of hydrogen-bond donors (Lipinski definition) is 3. The van der Waals surface area contributed by atoms with E-state index in [4.69, 9.17) is 15.2 Å². The molecule has 3 aliphatic rings. The molecule has 1 aliphatic heterocycles. The summed E-state index contributed by atoms with van der Waals surface area (Å²) in [6, 6.07) is 5.14. The molecular weight excluding hydrogens is 438 g/mol. The van der Waals surface area contributed by atoms with Crippen molar-refractivity contribution < 1.29 is 24.5 Å². The molecule has 2 aromatic heterocycles. The number of fused-ring (bicyclic) bond motifs is 1. The second-order valence-electron chi connectivity index (χ2n) is 10.1. The molecule has 3 heterocycles. The topological polar surface area (TPSA) is 156 Å². The van der Waals surface area contributed by atoms with E-state index in [1.54, 1.807) is 12.1 Å². The fourth-order valence-electron chi connectivity index (χ4n) is 6.14. The number of aliphatic hydroxyl groups excluding tert-OH is 2. The van der Waals surface area contributed by atoms with Crippen LogP contribution in [0.1, 0.15) is 63.5 Å². The molecular formula is C24H31N5O5. The van der Waals surface area contributed by atoms with Crippen molar-refractivity contribution in [3.8, 4) is 6.07 Å². The van der Waals surface area contributed by atoms with Crippen LogP contribution in [0, 0.1) is 22.7 Å². The first-order valence-electron chi connectivity index (χ1n) is 12.1. The molecule has 2 aromatic rings. The standard InChI is InChI=1S/C24H31N5O5/c25-13-24(18-4-3-16-22(26)27-14-28-29(16)18)21(32)20(31)17(34-24)12-33-19(30)11-15-5-9-23(10-6-15)7-1-2-8-23/h3-4,14-15,17,20-21,31-32H,1-2,5-12H2,(H2,26,27,28)/t17-,20-,21-,24+/m1/s1. The fourth-order valence-corrected chi connectivity index (χ4v) is 6.14. The minimum atomic E-state index is -1.90. The Hall–Kier alpha value is -2.74. The first-order valence-corrected chi connectivity index (χ1v) is 12.1. The molecule has 2 saturated carbocycles. The van der Waals surface area contributed by atoms with Crippen LogP contribution >= 0.6 is 0 Å². The van der Waals surface area contributed by atoms with Crippen LogP contribution in [0.2, 0.25) is 0 Å². The van der Waals surface area contributed by atoms with E-state index in [9.17, 15) is 20.3 Å². The van der Waals surface area contributed by atoms with Gasteiger partial charge in [0.2, 0.25) is 5.60 Å². The van der Waals surface area contributed by atoms with Crippen molar-refractivity contribution in [2.45, 2.75) is 81.7 Å². The number of rotatable bonds is 5. The zero-order valence-corrected chi connectivity index (χ0v) is 19.1. The second kappa shape index (κ2) is 8.80. The van der Waals surface area contributed by atoms with Crippen LogP contribution in [0.15, 0.2) is 18.5 Å². The molecule has 2 aliphatic carbocycles. The zero-order chi connectivity index (χ0) is 23.9. The fraction of sp³-hybridized carbons (Fsp3) is 0.667. The molecule has 0 bridgehead atoms. The lowest BCUT2D eigenvalue weighted by Crippen LogP contribution is -2.41. The molecule has 0 aromatic carbocycles. The Balaban J connectivity index is 1.22. The molecule has 0 unspecified atom stereocenters. The molecule has 0 radical (unpaired) electrons. The van der Waals surface area contributed by atoms with E-state index in [1.165, 1.54) is 49.4 Å². The van der Waals surface area contributed by atoms with Crippen molar-refractivity contribution in [3.63, 3.8) is 0 Å². The lowest BCUT2D eigenvalue weighted by molar-refractivity contribution is -0.152. The summed E-state index contributed by atoms with van der Waals surface area (Å²) < 4.78 is 12.6. The first kappa shape index (κ1) is 23.0. The zero-order valence-electron chi connectivity index (χ0n) is 19.1. The third-order valence-electron chi connectivity index (χ3n) is 8.18. The summed E-state index contributed by atoms with van der Waals surface area (Å²) in [5, 5.41) is 35.5. The molecule has 10 nitrogen and oxygen atoms in total. The Bertz CT molecular complexity index is 1100. The average Bonchev–Trinajstić information content (AvgIpc) is 3.54. The number of nitrogens with two attached hydrogens (primary N) is 1. The molecule has 1 spiro atoms. The lowest BCUT2D eigenvalue weighted by atomic mass is 9.69. The number of anilines is 1. The number of nitrogen functional groups attached to an aromatic ring is 1. The van der Waals surface area contributed by atoms with Crippen LogP contribution in [-0.2, 0) is 19.9 Å². The van der Waals surface area contributed by atoms with Crippen molar-refractivity contribution >= 4 is 17.3 Å². The summed E-state index contributed by atoms with van der Waals surface area (Å²) in [5.41, 5.74) is 5.13. The number of esters is 1. The largest absolute Gasteiger partial charge is 0.463 e. The van der Waals surface area contributed by atoms with Crippen LogP contribution in [-0.4, -0.2) is 55.7 Å². The Morgan fingerprint density at radius 1 is 1.26 bits per heavy atom. The van der Waals surface area contributed by atoms with Crippen molar-refractivity contribution in [2.24, 2.45) is 11.3 Å². The smallest absolute Gasteiger partial charge is 0.306 e. The van der Waals surface area contributed by atoms with Gasteiger partial charge in [0.05, 0.1) is 5.69 Å². The van der Waals surface area contributed by atoms with Crippen molar-refractivity contribution in [2.75, 3.05) is 12.3 Å². The highest BCUT2D eigenvalue weighted by Gasteiger charge is 2.57. The van der Waals surface area contributed by atoms with Gasteiger partial charge in [-0.25, -0.2) is 9.50 Å². The average molecular weight is 470 g/mol. The molecule has 182 valence electrons. The van der Waals surface area contributed by atoms with Crippen LogP contribution in [0.3, 0.4) is 0 Å². The van der Waals surface area contributed by atoms with E-state index >= 15 is 0 Å². The number of ether oxygens (including phenoxy) is 2. The Kier molecular flexibility index (Phi) is 5.96. The van der Waals surface area contributed by atoms with Gasteiger partial charge < -0.3 is 25.4 Å². The predicted octanol–water partition coefficient (Wildman–Crippen LogP) is 1.83. The Morgan fingerprint density at radius 3 is 2.71 bits per heavy atom. The van der Waals surface area contributed by atoms with Gasteiger partial charge in [-0.3, -0.25) is 4.79 Å². The quantitative estimate of drug-likeness (QED) is 0.556. The Morgan fingerprint density at radius 2 is 2.00 bits per heavy atom. The van der Waals surface area contributed by atoms with Gasteiger partial charge in [-0.2, -0.15) is 10.4 Å². The summed E-state index contributed by atoms with van der Waals surface area (Å²) >= 11 is 0. The van der Waals surface area contributed by atoms with Crippen LogP contribution in [0.4, 0.5) is 5.82 Å². The van der Waals surface area contributed by atoms with Gasteiger partial charge >= 0.3 is 5.97 Å². The van der Waals surface area contributed by atoms with E-state index in [1.807, 2.05) is 6.07 Å². The summed E-state index contributed by atoms with van der Waals surface area (Å²) in [7, 11) is 0. The molecule has 4 N–H and O–H groups in total. The monoisotopic (exact) mass is 469 g/mol. The molecule has 0 amide bonds. The predicted molar refractivity (Wildman–Crippen MR) is 120 cm³/mol. The van der Waals surface area contributed by atoms with E-state index in [2.05, 4.69) is 10.1 Å². The molecule has 5 rings (SSSR count). The minimum absolute atomic E-state index is 0.203. The molecule has 10 heteroatoms. The molecule has 4 atom stereocenters. The van der Waals surface area contributed by atoms with Crippen LogP contribution < -0.4 is 5.73 Å². The van der Waals surface area contributed by atoms with E-state index < -0.39 is 23.9 Å². The number of carbonyl (C=O) groups excluding carboxylic acids is 1. The van der Waals surface area contributed by atoms with Crippen molar-refractivity contribution in [3.05, 3.63) is 24.2 Å². The van der Waals surface area contributed by atoms with E-state index in [0.29, 0.717) is 23.3 Å². The van der Waals surface area contributed by atoms with Gasteiger partial charge in [0.25, 0.3) is 0 Å². The van der Waals surface area contributed by atoms with Crippen LogP contribution in [0.5, 0.6) is 0 Å². The lowest BCUT2D eigenvalue weighted by Gasteiger charge is -2.37. The van der Waals surface area contributed by atoms with Gasteiger partial charge in [0, 0.05) is 6.42 Å². The first-order chi connectivity index (χ1) is 16.4. The number of hydrogen-bond acceptors (Lipinski definition) is 9. The number of carbonyl (C=O) groups is 1. The molecule has 3 fully saturated rings. The third-order valence-corrected chi connectivity index (χ3v) is 8.18. The van der Waals surface area contributed by atoms with Crippen molar-refractivity contribution in [1.82, 2.24) is 14.6 Å². The normalized spacial score (nSPS) is 31.1. The highest BCUT2D eigenvalue weighted by molar-refractivity contribution is 5.69. The van der Waals surface area contributed by atoms with Gasteiger partial charge in [-0.15, -0.1) is 0 Å². The second-order valence-corrected chi connectivity index (χ2v) is 10.1. The summed E-state index contributed by atoms with van der Waals surface area (Å²) in [5.74, 6) is 0.171. The number of aliphatic hydroxyl groups is 2. The van der Waals surface area contributed by atoms with E-state index in [0.717, 1.165) is 12.8 Å². The SMILES string of the molecule is N#C[C@@]1(c2ccc3c(N)ncnn23)O[C@H](COC(=O)CC2CCC3(CCCC3)CC2)[C@@H](O)[C@H]1O. The number of nitriles is 1. The summed E-state index contributed by atoms with van der Waals surface area (Å²) in [6.45, 7) is -0.252. The number of aromatic nitrogens is 3. The van der Waals surface area contributed by atoms with Crippen LogP contribution in [0.25, 0.3) is 5.52 Å². The molecule has 34 heavy (non-hydrogen) atoms. The highest BCUT2D eigenvalue weighted by Crippen LogP contribution is 2.50. The summed E-state index contributed by atoms with van der Waals surface area (Å²) in [6.07, 6.45) is 7.26. The Labute approximate surface area is 197 Å². The summed E-state index contributed by atoms with van der Waals surface area (Å²) in [4.78, 5) is 16.4. The number of nitrogens with zero attached hydrogens (tertiary/aromatic N) is 4. The third kappa shape index (κ3) is 3.82. The van der Waals surface area contributed by atoms with E-state index in [-0.39, 0.29) is 24.1 Å². The van der Waals surface area contributed by atoms with Gasteiger partial charge in [-0.05, 0) is 62.0 Å². The van der Waals surface area contributed by atoms with Gasteiger partial charge in [0.15, 0.2) is 5.82 Å². The van der Waals surface area contributed by atoms with Crippen molar-refractivity contribution in [1.29, 1.82) is 5.26 Å².